The van der Waals surface area contributed by atoms with E-state index in [1.54, 1.807) is 48.5 Å². The van der Waals surface area contributed by atoms with E-state index in [-0.39, 0.29) is 5.69 Å². The number of benzene rings is 3. The number of carbonyl (C=O) groups excluding carboxylic acids is 1. The molecule has 9 nitrogen and oxygen atoms in total. The third-order valence-corrected chi connectivity index (χ3v) is 5.39. The molecule has 0 aliphatic heterocycles. The molecule has 3 aromatic carbocycles. The zero-order valence-corrected chi connectivity index (χ0v) is 19.0. The summed E-state index contributed by atoms with van der Waals surface area (Å²) in [7, 11) is 1.51. The fourth-order valence-electron chi connectivity index (χ4n) is 3.69. The number of nitro groups is 1. The van der Waals surface area contributed by atoms with Gasteiger partial charge in [0.25, 0.3) is 5.69 Å². The lowest BCUT2D eigenvalue weighted by Crippen LogP contribution is -2.09. The Bertz CT molecular complexity index is 1580. The Morgan fingerprint density at radius 3 is 2.64 bits per heavy atom. The number of nitrogens with zero attached hydrogens (tertiary/aromatic N) is 2. The molecule has 9 heteroatoms. The van der Waals surface area contributed by atoms with E-state index in [0.717, 1.165) is 5.52 Å². The fraction of sp³-hybridized carbons (Fsp3) is 0.0370. The predicted molar refractivity (Wildman–Crippen MR) is 134 cm³/mol. The van der Waals surface area contributed by atoms with Crippen LogP contribution in [0.15, 0.2) is 93.8 Å². The lowest BCUT2D eigenvalue weighted by Gasteiger charge is -2.10. The van der Waals surface area contributed by atoms with E-state index in [9.17, 15) is 14.9 Å². The lowest BCUT2D eigenvalue weighted by molar-refractivity contribution is -0.384. The maximum absolute atomic E-state index is 12.6. The molecule has 0 spiro atoms. The van der Waals surface area contributed by atoms with Gasteiger partial charge in [-0.15, -0.1) is 0 Å². The molecule has 0 saturated carbocycles. The molecule has 0 fully saturated rings. The molecule has 0 aliphatic carbocycles. The average molecular weight is 481 g/mol. The maximum atomic E-state index is 12.6. The number of furan rings is 1. The molecule has 5 rings (SSSR count). The van der Waals surface area contributed by atoms with Crippen molar-refractivity contribution in [2.24, 2.45) is 0 Å². The molecule has 1 amide bonds. The van der Waals surface area contributed by atoms with Crippen LogP contribution in [-0.2, 0) is 4.79 Å². The topological polar surface area (TPSA) is 121 Å². The smallest absolute Gasteiger partial charge is 0.280 e. The molecule has 0 saturated heterocycles. The summed E-state index contributed by atoms with van der Waals surface area (Å²) in [6.07, 6.45) is 2.78. The number of aromatic nitrogens is 1. The van der Waals surface area contributed by atoms with Gasteiger partial charge in [-0.05, 0) is 54.6 Å². The van der Waals surface area contributed by atoms with Crippen molar-refractivity contribution in [3.8, 4) is 28.5 Å². The lowest BCUT2D eigenvalue weighted by atomic mass is 10.1. The van der Waals surface area contributed by atoms with Gasteiger partial charge >= 0.3 is 0 Å². The second-order valence-electron chi connectivity index (χ2n) is 7.70. The SMILES string of the molecule is COc1ccc(-c2nc3ccccc3o2)cc1NC(=O)C=Cc1ccc(-c2ccccc2[N+](=O)[O-])o1. The number of nitrogens with one attached hydrogen (secondary N) is 1. The van der Waals surface area contributed by atoms with Gasteiger partial charge in [-0.1, -0.05) is 24.3 Å². The molecule has 0 radical (unpaired) electrons. The first-order chi connectivity index (χ1) is 17.5. The van der Waals surface area contributed by atoms with E-state index in [2.05, 4.69) is 10.3 Å². The second-order valence-corrected chi connectivity index (χ2v) is 7.70. The third kappa shape index (κ3) is 4.58. The molecule has 178 valence electrons. The second kappa shape index (κ2) is 9.59. The third-order valence-electron chi connectivity index (χ3n) is 5.39. The molecule has 0 bridgehead atoms. The van der Waals surface area contributed by atoms with Gasteiger partial charge in [0.15, 0.2) is 5.58 Å². The molecule has 2 aromatic heterocycles. The predicted octanol–water partition coefficient (Wildman–Crippen LogP) is 6.32. The van der Waals surface area contributed by atoms with Gasteiger partial charge in [-0.3, -0.25) is 14.9 Å². The minimum absolute atomic E-state index is 0.0638. The summed E-state index contributed by atoms with van der Waals surface area (Å²) in [6.45, 7) is 0. The van der Waals surface area contributed by atoms with E-state index in [0.29, 0.717) is 45.6 Å². The van der Waals surface area contributed by atoms with Gasteiger partial charge in [-0.25, -0.2) is 4.98 Å². The normalized spacial score (nSPS) is 11.1. The molecule has 1 N–H and O–H groups in total. The summed E-state index contributed by atoms with van der Waals surface area (Å²) >= 11 is 0. The number of amides is 1. The number of hydrogen-bond acceptors (Lipinski definition) is 7. The van der Waals surface area contributed by atoms with Crippen molar-refractivity contribution in [3.05, 3.63) is 101 Å². The number of nitro benzene ring substituents is 1. The van der Waals surface area contributed by atoms with Gasteiger partial charge in [0, 0.05) is 17.7 Å². The van der Waals surface area contributed by atoms with Crippen molar-refractivity contribution in [2.75, 3.05) is 12.4 Å². The van der Waals surface area contributed by atoms with E-state index >= 15 is 0 Å². The van der Waals surface area contributed by atoms with Crippen LogP contribution < -0.4 is 10.1 Å². The van der Waals surface area contributed by atoms with Crippen molar-refractivity contribution in [1.82, 2.24) is 4.98 Å². The first kappa shape index (κ1) is 22.6. The number of anilines is 1. The van der Waals surface area contributed by atoms with Crippen LogP contribution in [0, 0.1) is 10.1 Å². The van der Waals surface area contributed by atoms with Crippen molar-refractivity contribution < 1.29 is 23.3 Å². The van der Waals surface area contributed by atoms with E-state index < -0.39 is 10.8 Å². The van der Waals surface area contributed by atoms with Crippen LogP contribution in [0.4, 0.5) is 11.4 Å². The van der Waals surface area contributed by atoms with Crippen LogP contribution in [0.25, 0.3) is 40.0 Å². The number of para-hydroxylation sites is 3. The van der Waals surface area contributed by atoms with Crippen LogP contribution in [0.2, 0.25) is 0 Å². The highest BCUT2D eigenvalue weighted by molar-refractivity contribution is 6.03. The van der Waals surface area contributed by atoms with E-state index in [4.69, 9.17) is 13.6 Å². The number of hydrogen-bond donors (Lipinski definition) is 1. The average Bonchev–Trinajstić information content (AvgIpc) is 3.55. The molecular weight excluding hydrogens is 462 g/mol. The van der Waals surface area contributed by atoms with Crippen molar-refractivity contribution >= 4 is 34.5 Å². The van der Waals surface area contributed by atoms with Crippen LogP contribution >= 0.6 is 0 Å². The highest BCUT2D eigenvalue weighted by Gasteiger charge is 2.17. The molecule has 2 heterocycles. The van der Waals surface area contributed by atoms with Gasteiger partial charge in [0.05, 0.1) is 23.3 Å². The number of rotatable bonds is 7. The highest BCUT2D eigenvalue weighted by Crippen LogP contribution is 2.33. The van der Waals surface area contributed by atoms with E-state index in [1.807, 2.05) is 24.3 Å². The van der Waals surface area contributed by atoms with Crippen LogP contribution in [-0.4, -0.2) is 22.9 Å². The first-order valence-electron chi connectivity index (χ1n) is 10.9. The minimum Gasteiger partial charge on any atom is -0.495 e. The molecular formula is C27H19N3O6. The monoisotopic (exact) mass is 481 g/mol. The number of ether oxygens (including phenoxy) is 1. The van der Waals surface area contributed by atoms with Gasteiger partial charge in [-0.2, -0.15) is 0 Å². The quantitative estimate of drug-likeness (QED) is 0.164. The first-order valence-corrected chi connectivity index (χ1v) is 10.9. The van der Waals surface area contributed by atoms with Crippen LogP contribution in [0.3, 0.4) is 0 Å². The van der Waals surface area contributed by atoms with Gasteiger partial charge in [0.1, 0.15) is 22.8 Å². The summed E-state index contributed by atoms with van der Waals surface area (Å²) < 4.78 is 16.9. The minimum atomic E-state index is -0.469. The van der Waals surface area contributed by atoms with Crippen LogP contribution in [0.1, 0.15) is 5.76 Å². The summed E-state index contributed by atoms with van der Waals surface area (Å²) in [5.41, 5.74) is 2.79. The standard InChI is InChI=1S/C27H19N3O6/c1-34-24-13-10-17(27-29-20-7-3-5-9-25(20)36-27)16-21(24)28-26(31)15-12-18-11-14-23(35-18)19-6-2-4-8-22(19)30(32)33/h2-16H,1H3,(H,28,31). The summed E-state index contributed by atoms with van der Waals surface area (Å²) in [5.74, 6) is 1.16. The Kier molecular flexibility index (Phi) is 6.02. The Balaban J connectivity index is 1.34. The van der Waals surface area contributed by atoms with Crippen molar-refractivity contribution in [3.63, 3.8) is 0 Å². The Morgan fingerprint density at radius 2 is 1.83 bits per heavy atom. The summed E-state index contributed by atoms with van der Waals surface area (Å²) in [6, 6.07) is 22.2. The largest absolute Gasteiger partial charge is 0.495 e. The molecule has 36 heavy (non-hydrogen) atoms. The maximum Gasteiger partial charge on any atom is 0.280 e. The number of carbonyl (C=O) groups is 1. The Labute approximate surface area is 204 Å². The molecule has 0 aliphatic rings. The fourth-order valence-corrected chi connectivity index (χ4v) is 3.69. The Morgan fingerprint density at radius 1 is 1.03 bits per heavy atom. The number of fused-ring (bicyclic) bond motifs is 1. The summed E-state index contributed by atoms with van der Waals surface area (Å²) in [5, 5.41) is 14.1. The molecule has 0 unspecified atom stereocenters. The number of methoxy groups -OCH3 is 1. The number of oxazole rings is 1. The van der Waals surface area contributed by atoms with Crippen LogP contribution in [0.5, 0.6) is 5.75 Å². The molecule has 5 aromatic rings. The van der Waals surface area contributed by atoms with Crippen molar-refractivity contribution in [2.45, 2.75) is 0 Å². The zero-order chi connectivity index (χ0) is 25.1. The van der Waals surface area contributed by atoms with Gasteiger partial charge < -0.3 is 18.9 Å². The molecule has 0 atom stereocenters. The van der Waals surface area contributed by atoms with E-state index in [1.165, 1.54) is 25.3 Å². The Hall–Kier alpha value is -5.18. The summed E-state index contributed by atoms with van der Waals surface area (Å²) in [4.78, 5) is 27.9. The highest BCUT2D eigenvalue weighted by atomic mass is 16.6. The zero-order valence-electron chi connectivity index (χ0n) is 19.0. The van der Waals surface area contributed by atoms with Crippen molar-refractivity contribution in [1.29, 1.82) is 0 Å². The van der Waals surface area contributed by atoms with Gasteiger partial charge in [0.2, 0.25) is 11.8 Å².